The van der Waals surface area contributed by atoms with Crippen LogP contribution in [0.2, 0.25) is 0 Å². The Balaban J connectivity index is 2.00. The first-order chi connectivity index (χ1) is 11.6. The van der Waals surface area contributed by atoms with Crippen molar-refractivity contribution in [2.45, 2.75) is 51.2 Å². The van der Waals surface area contributed by atoms with Crippen molar-refractivity contribution < 1.29 is 9.66 Å². The number of aliphatic imine (C=N–C) groups is 1. The monoisotopic (exact) mass is 334 g/mol. The van der Waals surface area contributed by atoms with Crippen LogP contribution in [0.1, 0.15) is 38.2 Å². The minimum absolute atomic E-state index is 0.0962. The molecule has 1 saturated carbocycles. The molecule has 1 atom stereocenters. The molecule has 2 N–H and O–H groups in total. The fourth-order valence-electron chi connectivity index (χ4n) is 2.81. The summed E-state index contributed by atoms with van der Waals surface area (Å²) in [4.78, 5) is 14.9. The zero-order valence-corrected chi connectivity index (χ0v) is 14.3. The van der Waals surface area contributed by atoms with Gasteiger partial charge < -0.3 is 15.4 Å². The maximum Gasteiger partial charge on any atom is 0.269 e. The predicted octanol–water partition coefficient (Wildman–Crippen LogP) is 2.61. The summed E-state index contributed by atoms with van der Waals surface area (Å²) in [7, 11) is 1.68. The summed E-state index contributed by atoms with van der Waals surface area (Å²) in [5, 5.41) is 17.5. The SMILES string of the molecule is COCC(C)NC(=NCc1ccc([N+](=O)[O-])cc1)NC1CCCC1. The van der Waals surface area contributed by atoms with Crippen LogP contribution in [0.5, 0.6) is 0 Å². The molecule has 1 fully saturated rings. The van der Waals surface area contributed by atoms with E-state index in [4.69, 9.17) is 4.74 Å². The first-order valence-electron chi connectivity index (χ1n) is 8.38. The first-order valence-corrected chi connectivity index (χ1v) is 8.38. The highest BCUT2D eigenvalue weighted by Crippen LogP contribution is 2.17. The van der Waals surface area contributed by atoms with E-state index in [0.29, 0.717) is 19.2 Å². The van der Waals surface area contributed by atoms with Gasteiger partial charge in [0.15, 0.2) is 5.96 Å². The fourth-order valence-corrected chi connectivity index (χ4v) is 2.81. The van der Waals surface area contributed by atoms with Crippen LogP contribution >= 0.6 is 0 Å². The third-order valence-corrected chi connectivity index (χ3v) is 4.06. The molecule has 0 heterocycles. The Hall–Kier alpha value is -2.15. The van der Waals surface area contributed by atoms with Crippen molar-refractivity contribution in [1.29, 1.82) is 0 Å². The molecular formula is C17H26N4O3. The van der Waals surface area contributed by atoms with E-state index in [0.717, 1.165) is 24.4 Å². The quantitative estimate of drug-likeness (QED) is 0.346. The van der Waals surface area contributed by atoms with Gasteiger partial charge in [0.2, 0.25) is 0 Å². The molecule has 0 radical (unpaired) electrons. The lowest BCUT2D eigenvalue weighted by Gasteiger charge is -2.21. The lowest BCUT2D eigenvalue weighted by Crippen LogP contribution is -2.47. The van der Waals surface area contributed by atoms with Crippen molar-refractivity contribution in [2.24, 2.45) is 4.99 Å². The van der Waals surface area contributed by atoms with Gasteiger partial charge in [0, 0.05) is 31.3 Å². The summed E-state index contributed by atoms with van der Waals surface area (Å²) in [6.45, 7) is 3.11. The Labute approximate surface area is 142 Å². The van der Waals surface area contributed by atoms with Gasteiger partial charge in [0.05, 0.1) is 18.1 Å². The Morgan fingerprint density at radius 2 is 2.04 bits per heavy atom. The third kappa shape index (κ3) is 5.81. The van der Waals surface area contributed by atoms with Crippen LogP contribution in [0.3, 0.4) is 0 Å². The van der Waals surface area contributed by atoms with Crippen molar-refractivity contribution in [3.8, 4) is 0 Å². The number of nitrogens with one attached hydrogen (secondary N) is 2. The van der Waals surface area contributed by atoms with Gasteiger partial charge in [-0.05, 0) is 25.3 Å². The third-order valence-electron chi connectivity index (χ3n) is 4.06. The van der Waals surface area contributed by atoms with Gasteiger partial charge >= 0.3 is 0 Å². The number of guanidine groups is 1. The molecular weight excluding hydrogens is 308 g/mol. The predicted molar refractivity (Wildman–Crippen MR) is 94.1 cm³/mol. The molecule has 24 heavy (non-hydrogen) atoms. The largest absolute Gasteiger partial charge is 0.383 e. The number of hydrogen-bond donors (Lipinski definition) is 2. The molecule has 1 aromatic carbocycles. The Morgan fingerprint density at radius 1 is 1.38 bits per heavy atom. The van der Waals surface area contributed by atoms with Gasteiger partial charge in [0.1, 0.15) is 0 Å². The highest BCUT2D eigenvalue weighted by atomic mass is 16.6. The molecule has 0 bridgehead atoms. The van der Waals surface area contributed by atoms with Crippen molar-refractivity contribution in [1.82, 2.24) is 10.6 Å². The summed E-state index contributed by atoms with van der Waals surface area (Å²) in [5.41, 5.74) is 1.03. The van der Waals surface area contributed by atoms with Crippen molar-refractivity contribution in [3.05, 3.63) is 39.9 Å². The van der Waals surface area contributed by atoms with Gasteiger partial charge in [-0.25, -0.2) is 4.99 Å². The maximum absolute atomic E-state index is 10.7. The minimum atomic E-state index is -0.395. The van der Waals surface area contributed by atoms with Crippen LogP contribution < -0.4 is 10.6 Å². The molecule has 1 aliphatic rings. The topological polar surface area (TPSA) is 88.8 Å². The van der Waals surface area contributed by atoms with E-state index in [1.165, 1.54) is 25.0 Å². The highest BCUT2D eigenvalue weighted by molar-refractivity contribution is 5.80. The lowest BCUT2D eigenvalue weighted by molar-refractivity contribution is -0.384. The fraction of sp³-hybridized carbons (Fsp3) is 0.588. The van der Waals surface area contributed by atoms with Crippen molar-refractivity contribution in [2.75, 3.05) is 13.7 Å². The summed E-state index contributed by atoms with van der Waals surface area (Å²) in [6, 6.07) is 7.12. The second-order valence-corrected chi connectivity index (χ2v) is 6.21. The van der Waals surface area contributed by atoms with Crippen LogP contribution in [0.15, 0.2) is 29.3 Å². The van der Waals surface area contributed by atoms with E-state index in [-0.39, 0.29) is 11.7 Å². The molecule has 7 nitrogen and oxygen atoms in total. The van der Waals surface area contributed by atoms with E-state index >= 15 is 0 Å². The molecule has 7 heteroatoms. The van der Waals surface area contributed by atoms with Crippen LogP contribution in [0, 0.1) is 10.1 Å². The normalized spacial score (nSPS) is 16.8. The van der Waals surface area contributed by atoms with Gasteiger partial charge in [-0.1, -0.05) is 25.0 Å². The molecule has 1 unspecified atom stereocenters. The Morgan fingerprint density at radius 3 is 2.62 bits per heavy atom. The van der Waals surface area contributed by atoms with Gasteiger partial charge in [0.25, 0.3) is 5.69 Å². The molecule has 1 aliphatic carbocycles. The summed E-state index contributed by atoms with van der Waals surface area (Å²) < 4.78 is 5.16. The van der Waals surface area contributed by atoms with Crippen LogP contribution in [0.4, 0.5) is 5.69 Å². The van der Waals surface area contributed by atoms with E-state index in [9.17, 15) is 10.1 Å². The number of hydrogen-bond acceptors (Lipinski definition) is 4. The highest BCUT2D eigenvalue weighted by Gasteiger charge is 2.17. The summed E-state index contributed by atoms with van der Waals surface area (Å²) in [5.74, 6) is 0.768. The van der Waals surface area contributed by atoms with Crippen molar-refractivity contribution in [3.63, 3.8) is 0 Å². The minimum Gasteiger partial charge on any atom is -0.383 e. The van der Waals surface area contributed by atoms with Gasteiger partial charge in [-0.15, -0.1) is 0 Å². The number of non-ortho nitro benzene ring substituents is 1. The molecule has 0 saturated heterocycles. The zero-order valence-electron chi connectivity index (χ0n) is 14.3. The van der Waals surface area contributed by atoms with E-state index in [2.05, 4.69) is 15.6 Å². The number of ether oxygens (including phenoxy) is 1. The maximum atomic E-state index is 10.7. The van der Waals surface area contributed by atoms with Crippen molar-refractivity contribution >= 4 is 11.6 Å². The summed E-state index contributed by atoms with van der Waals surface area (Å²) >= 11 is 0. The van der Waals surface area contributed by atoms with Gasteiger partial charge in [-0.3, -0.25) is 10.1 Å². The second kappa shape index (κ2) is 9.22. The number of nitro benzene ring substituents is 1. The smallest absolute Gasteiger partial charge is 0.269 e. The lowest BCUT2D eigenvalue weighted by atomic mass is 10.2. The van der Waals surface area contributed by atoms with E-state index in [1.54, 1.807) is 19.2 Å². The Kier molecular flexibility index (Phi) is 6.99. The number of methoxy groups -OCH3 is 1. The molecule has 0 aliphatic heterocycles. The average molecular weight is 334 g/mol. The summed E-state index contributed by atoms with van der Waals surface area (Å²) in [6.07, 6.45) is 4.83. The van der Waals surface area contributed by atoms with E-state index < -0.39 is 4.92 Å². The van der Waals surface area contributed by atoms with Crippen LogP contribution in [0.25, 0.3) is 0 Å². The van der Waals surface area contributed by atoms with Crippen LogP contribution in [-0.2, 0) is 11.3 Å². The molecule has 2 rings (SSSR count). The van der Waals surface area contributed by atoms with Gasteiger partial charge in [-0.2, -0.15) is 0 Å². The number of benzene rings is 1. The first kappa shape index (κ1) is 18.2. The van der Waals surface area contributed by atoms with E-state index in [1.807, 2.05) is 6.92 Å². The molecule has 132 valence electrons. The number of nitrogens with zero attached hydrogens (tertiary/aromatic N) is 2. The van der Waals surface area contributed by atoms with Crippen LogP contribution in [-0.4, -0.2) is 36.7 Å². The number of rotatable bonds is 7. The second-order valence-electron chi connectivity index (χ2n) is 6.21. The zero-order chi connectivity index (χ0) is 17.4. The molecule has 0 amide bonds. The molecule has 0 aromatic heterocycles. The molecule has 0 spiro atoms. The standard InChI is InChI=1S/C17H26N4O3/c1-13(12-24-2)19-17(20-15-5-3-4-6-15)18-11-14-7-9-16(10-8-14)21(22)23/h7-10,13,15H,3-6,11-12H2,1-2H3,(H2,18,19,20). The molecule has 1 aromatic rings. The average Bonchev–Trinajstić information content (AvgIpc) is 3.06. The Bertz CT molecular complexity index is 553. The number of nitro groups is 1.